The Labute approximate surface area is 90.5 Å². The van der Waals surface area contributed by atoms with Crippen LogP contribution in [0.15, 0.2) is 6.20 Å². The molecule has 0 spiro atoms. The number of hydrogen-bond donors (Lipinski definition) is 1. The number of nitrogens with zero attached hydrogens (tertiary/aromatic N) is 2. The first-order chi connectivity index (χ1) is 7.11. The Balaban J connectivity index is 3.38. The van der Waals surface area contributed by atoms with Crippen LogP contribution in [0.1, 0.15) is 23.2 Å². The van der Waals surface area contributed by atoms with Crippen LogP contribution in [0.3, 0.4) is 0 Å². The zero-order valence-corrected chi connectivity index (χ0v) is 8.43. The van der Waals surface area contributed by atoms with Crippen molar-refractivity contribution >= 4 is 11.6 Å². The minimum Gasteiger partial charge on any atom is -0.325 e. The second kappa shape index (κ2) is 5.01. The molecule has 0 radical (unpaired) electrons. The van der Waals surface area contributed by atoms with E-state index in [2.05, 4.69) is 4.98 Å². The molecule has 1 heterocycles. The van der Waals surface area contributed by atoms with Crippen LogP contribution in [-0.2, 0) is 13.0 Å². The van der Waals surface area contributed by atoms with Crippen LogP contribution in [0.2, 0.25) is 5.02 Å². The Bertz CT molecular complexity index is 401. The molecule has 0 atom stereocenters. The van der Waals surface area contributed by atoms with Crippen molar-refractivity contribution in [3.63, 3.8) is 0 Å². The van der Waals surface area contributed by atoms with Crippen LogP contribution in [0.4, 0.5) is 8.78 Å². The van der Waals surface area contributed by atoms with Crippen LogP contribution < -0.4 is 5.73 Å². The number of nitriles is 1. The van der Waals surface area contributed by atoms with Crippen molar-refractivity contribution in [3.8, 4) is 6.07 Å². The third-order valence-electron chi connectivity index (χ3n) is 1.93. The number of hydrogen-bond acceptors (Lipinski definition) is 3. The van der Waals surface area contributed by atoms with Crippen molar-refractivity contribution in [3.05, 3.63) is 28.0 Å². The van der Waals surface area contributed by atoms with E-state index in [0.717, 1.165) is 0 Å². The minimum absolute atomic E-state index is 0.0732. The van der Waals surface area contributed by atoms with Crippen molar-refractivity contribution in [2.45, 2.75) is 19.4 Å². The molecule has 0 saturated carbocycles. The largest absolute Gasteiger partial charge is 0.325 e. The van der Waals surface area contributed by atoms with Gasteiger partial charge in [0.2, 0.25) is 0 Å². The van der Waals surface area contributed by atoms with Gasteiger partial charge in [0.15, 0.2) is 0 Å². The Hall–Kier alpha value is -1.25. The Morgan fingerprint density at radius 3 is 2.73 bits per heavy atom. The maximum atomic E-state index is 12.7. The van der Waals surface area contributed by atoms with Crippen molar-refractivity contribution in [2.75, 3.05) is 0 Å². The van der Waals surface area contributed by atoms with Crippen molar-refractivity contribution in [1.82, 2.24) is 4.98 Å². The summed E-state index contributed by atoms with van der Waals surface area (Å²) in [4.78, 5) is 3.71. The highest BCUT2D eigenvalue weighted by Gasteiger charge is 2.20. The zero-order valence-electron chi connectivity index (χ0n) is 7.67. The molecule has 0 aromatic carbocycles. The molecule has 3 nitrogen and oxygen atoms in total. The summed E-state index contributed by atoms with van der Waals surface area (Å²) in [5.41, 5.74) is 5.17. The molecule has 80 valence electrons. The second-order valence-corrected chi connectivity index (χ2v) is 3.19. The molecular weight excluding hydrogens is 224 g/mol. The first-order valence-electron chi connectivity index (χ1n) is 4.13. The summed E-state index contributed by atoms with van der Waals surface area (Å²) < 4.78 is 25.4. The smallest absolute Gasteiger partial charge is 0.266 e. The molecule has 0 unspecified atom stereocenters. The number of alkyl halides is 2. The number of aromatic nitrogens is 1. The van der Waals surface area contributed by atoms with Crippen LogP contribution in [-0.4, -0.2) is 4.98 Å². The molecule has 1 aromatic heterocycles. The van der Waals surface area contributed by atoms with Gasteiger partial charge in [0.05, 0.1) is 23.2 Å². The molecule has 0 aliphatic rings. The quantitative estimate of drug-likeness (QED) is 0.867. The molecule has 0 saturated heterocycles. The summed E-state index contributed by atoms with van der Waals surface area (Å²) in [5.74, 6) is 0. The third kappa shape index (κ3) is 2.41. The van der Waals surface area contributed by atoms with Crippen molar-refractivity contribution < 1.29 is 8.78 Å². The fourth-order valence-corrected chi connectivity index (χ4v) is 1.48. The van der Waals surface area contributed by atoms with E-state index in [1.165, 1.54) is 6.20 Å². The fraction of sp³-hybridized carbons (Fsp3) is 0.333. The van der Waals surface area contributed by atoms with Crippen LogP contribution in [0.5, 0.6) is 0 Å². The maximum absolute atomic E-state index is 12.7. The van der Waals surface area contributed by atoms with Gasteiger partial charge in [0.25, 0.3) is 6.43 Å². The maximum Gasteiger partial charge on any atom is 0.266 e. The molecule has 1 rings (SSSR count). The monoisotopic (exact) mass is 231 g/mol. The van der Waals surface area contributed by atoms with Crippen LogP contribution >= 0.6 is 11.6 Å². The first-order valence-corrected chi connectivity index (χ1v) is 4.51. The van der Waals surface area contributed by atoms with E-state index in [1.54, 1.807) is 6.07 Å². The number of rotatable bonds is 3. The lowest BCUT2D eigenvalue weighted by Gasteiger charge is -2.11. The second-order valence-electron chi connectivity index (χ2n) is 2.78. The number of pyridine rings is 1. The fourth-order valence-electron chi connectivity index (χ4n) is 1.26. The highest BCUT2D eigenvalue weighted by molar-refractivity contribution is 6.31. The van der Waals surface area contributed by atoms with E-state index in [-0.39, 0.29) is 34.8 Å². The van der Waals surface area contributed by atoms with Gasteiger partial charge in [-0.15, -0.1) is 0 Å². The Morgan fingerprint density at radius 2 is 2.27 bits per heavy atom. The molecule has 6 heteroatoms. The molecule has 0 fully saturated rings. The molecule has 0 aliphatic carbocycles. The van der Waals surface area contributed by atoms with Gasteiger partial charge in [0, 0.05) is 18.3 Å². The lowest BCUT2D eigenvalue weighted by molar-refractivity contribution is 0.148. The van der Waals surface area contributed by atoms with E-state index >= 15 is 0 Å². The summed E-state index contributed by atoms with van der Waals surface area (Å²) in [5, 5.41) is 8.58. The van der Waals surface area contributed by atoms with E-state index < -0.39 is 6.43 Å². The molecule has 1 aromatic rings. The first kappa shape index (κ1) is 11.8. The van der Waals surface area contributed by atoms with Crippen LogP contribution in [0, 0.1) is 11.3 Å². The average Bonchev–Trinajstić information content (AvgIpc) is 2.20. The predicted molar refractivity (Wildman–Crippen MR) is 51.4 cm³/mol. The summed E-state index contributed by atoms with van der Waals surface area (Å²) in [6.45, 7) is -0.102. The van der Waals surface area contributed by atoms with Gasteiger partial charge in [-0.2, -0.15) is 5.26 Å². The lowest BCUT2D eigenvalue weighted by Crippen LogP contribution is -2.08. The molecule has 15 heavy (non-hydrogen) atoms. The van der Waals surface area contributed by atoms with E-state index in [0.29, 0.717) is 0 Å². The molecular formula is C9H8ClF2N3. The van der Waals surface area contributed by atoms with Gasteiger partial charge >= 0.3 is 0 Å². The minimum atomic E-state index is -2.72. The predicted octanol–water partition coefficient (Wildman–Crippen LogP) is 2.20. The zero-order chi connectivity index (χ0) is 11.4. The van der Waals surface area contributed by atoms with Gasteiger partial charge < -0.3 is 5.73 Å². The summed E-state index contributed by atoms with van der Waals surface area (Å²) in [7, 11) is 0. The molecule has 0 bridgehead atoms. The molecule has 0 amide bonds. The molecule has 2 N–H and O–H groups in total. The number of halogens is 3. The SMILES string of the molecule is N#CCc1c(Cl)cnc(CN)c1C(F)F. The average molecular weight is 232 g/mol. The van der Waals surface area contributed by atoms with Gasteiger partial charge in [-0.05, 0) is 5.56 Å². The standard InChI is InChI=1S/C9H8ClF2N3/c10-6-4-15-7(3-14)8(9(11)12)5(6)1-2-13/h4,9H,1,3,14H2. The van der Waals surface area contributed by atoms with E-state index in [4.69, 9.17) is 22.6 Å². The number of nitrogens with two attached hydrogens (primary N) is 1. The van der Waals surface area contributed by atoms with Gasteiger partial charge in [-0.3, -0.25) is 4.98 Å². The molecule has 0 aliphatic heterocycles. The van der Waals surface area contributed by atoms with Gasteiger partial charge in [0.1, 0.15) is 0 Å². The van der Waals surface area contributed by atoms with Gasteiger partial charge in [-0.1, -0.05) is 11.6 Å². The third-order valence-corrected chi connectivity index (χ3v) is 2.25. The highest BCUT2D eigenvalue weighted by atomic mass is 35.5. The Kier molecular flexibility index (Phi) is 3.95. The van der Waals surface area contributed by atoms with E-state index in [1.807, 2.05) is 0 Å². The van der Waals surface area contributed by atoms with Gasteiger partial charge in [-0.25, -0.2) is 8.78 Å². The lowest BCUT2D eigenvalue weighted by atomic mass is 10.0. The normalized spacial score (nSPS) is 10.4. The van der Waals surface area contributed by atoms with E-state index in [9.17, 15) is 8.78 Å². The Morgan fingerprint density at radius 1 is 1.60 bits per heavy atom. The van der Waals surface area contributed by atoms with Crippen LogP contribution in [0.25, 0.3) is 0 Å². The summed E-state index contributed by atoms with van der Waals surface area (Å²) >= 11 is 5.69. The highest BCUT2D eigenvalue weighted by Crippen LogP contribution is 2.30. The summed E-state index contributed by atoms with van der Waals surface area (Å²) in [6.07, 6.45) is -1.66. The topological polar surface area (TPSA) is 62.7 Å². The van der Waals surface area contributed by atoms with Crippen molar-refractivity contribution in [2.24, 2.45) is 5.73 Å². The summed E-state index contributed by atoms with van der Waals surface area (Å²) in [6, 6.07) is 1.79. The van der Waals surface area contributed by atoms with Crippen molar-refractivity contribution in [1.29, 1.82) is 5.26 Å².